The van der Waals surface area contributed by atoms with Gasteiger partial charge in [-0.1, -0.05) is 28.1 Å². The van der Waals surface area contributed by atoms with Crippen LogP contribution in [0.3, 0.4) is 0 Å². The van der Waals surface area contributed by atoms with E-state index in [1.165, 1.54) is 5.56 Å². The average Bonchev–Trinajstić information content (AvgIpc) is 2.29. The SMILES string of the molecule is Nc1ccnc(CNCc2cccc(Br)c2)n1. The lowest BCUT2D eigenvalue weighted by Gasteiger charge is -2.04. The maximum atomic E-state index is 5.58. The van der Waals surface area contributed by atoms with Gasteiger partial charge >= 0.3 is 0 Å². The van der Waals surface area contributed by atoms with Crippen molar-refractivity contribution < 1.29 is 0 Å². The second-order valence-corrected chi connectivity index (χ2v) is 4.55. The molecule has 0 amide bonds. The maximum Gasteiger partial charge on any atom is 0.144 e. The molecule has 3 N–H and O–H groups in total. The molecule has 1 aromatic carbocycles. The first kappa shape index (κ1) is 12.0. The van der Waals surface area contributed by atoms with Crippen LogP contribution in [0.25, 0.3) is 0 Å². The molecule has 0 aliphatic carbocycles. The van der Waals surface area contributed by atoms with Gasteiger partial charge in [0.2, 0.25) is 0 Å². The molecule has 0 atom stereocenters. The second-order valence-electron chi connectivity index (χ2n) is 3.63. The predicted octanol–water partition coefficient (Wildman–Crippen LogP) is 2.11. The Morgan fingerprint density at radius 2 is 2.12 bits per heavy atom. The highest BCUT2D eigenvalue weighted by Crippen LogP contribution is 2.11. The molecule has 0 unspecified atom stereocenters. The molecule has 88 valence electrons. The number of hydrogen-bond acceptors (Lipinski definition) is 4. The number of rotatable bonds is 4. The summed E-state index contributed by atoms with van der Waals surface area (Å²) in [5.41, 5.74) is 6.79. The average molecular weight is 293 g/mol. The highest BCUT2D eigenvalue weighted by atomic mass is 79.9. The number of aromatic nitrogens is 2. The minimum Gasteiger partial charge on any atom is -0.384 e. The Labute approximate surface area is 108 Å². The van der Waals surface area contributed by atoms with E-state index in [0.29, 0.717) is 18.2 Å². The summed E-state index contributed by atoms with van der Waals surface area (Å²) in [5, 5.41) is 3.27. The Hall–Kier alpha value is -1.46. The Morgan fingerprint density at radius 1 is 1.24 bits per heavy atom. The van der Waals surface area contributed by atoms with Crippen LogP contribution in [0.15, 0.2) is 41.0 Å². The minimum absolute atomic E-state index is 0.499. The number of nitrogens with one attached hydrogen (secondary N) is 1. The van der Waals surface area contributed by atoms with Gasteiger partial charge in [-0.25, -0.2) is 9.97 Å². The number of anilines is 1. The Bertz CT molecular complexity index is 456. The van der Waals surface area contributed by atoms with Gasteiger partial charge in [0.05, 0.1) is 6.54 Å². The summed E-state index contributed by atoms with van der Waals surface area (Å²) in [6.07, 6.45) is 1.67. The van der Waals surface area contributed by atoms with Crippen molar-refractivity contribution in [3.8, 4) is 0 Å². The Balaban J connectivity index is 1.87. The van der Waals surface area contributed by atoms with E-state index >= 15 is 0 Å². The molecule has 5 heteroatoms. The van der Waals surface area contributed by atoms with Crippen LogP contribution in [0.2, 0.25) is 0 Å². The number of benzene rings is 1. The lowest BCUT2D eigenvalue weighted by atomic mass is 10.2. The maximum absolute atomic E-state index is 5.58. The molecule has 0 bridgehead atoms. The van der Waals surface area contributed by atoms with Gasteiger partial charge < -0.3 is 11.1 Å². The molecular weight excluding hydrogens is 280 g/mol. The highest BCUT2D eigenvalue weighted by molar-refractivity contribution is 9.10. The molecule has 0 spiro atoms. The zero-order valence-electron chi connectivity index (χ0n) is 9.23. The Kier molecular flexibility index (Phi) is 4.06. The van der Waals surface area contributed by atoms with Crippen LogP contribution in [0.4, 0.5) is 5.82 Å². The lowest BCUT2D eigenvalue weighted by molar-refractivity contribution is 0.663. The summed E-state index contributed by atoms with van der Waals surface area (Å²) >= 11 is 3.44. The van der Waals surface area contributed by atoms with Crippen LogP contribution in [-0.4, -0.2) is 9.97 Å². The van der Waals surface area contributed by atoms with Crippen LogP contribution < -0.4 is 11.1 Å². The molecule has 2 rings (SSSR count). The second kappa shape index (κ2) is 5.75. The highest BCUT2D eigenvalue weighted by Gasteiger charge is 1.97. The Morgan fingerprint density at radius 3 is 2.88 bits per heavy atom. The number of halogens is 1. The third-order valence-electron chi connectivity index (χ3n) is 2.23. The van der Waals surface area contributed by atoms with E-state index in [1.807, 2.05) is 12.1 Å². The molecule has 4 nitrogen and oxygen atoms in total. The van der Waals surface area contributed by atoms with Gasteiger partial charge in [-0.15, -0.1) is 0 Å². The quantitative estimate of drug-likeness (QED) is 0.906. The van der Waals surface area contributed by atoms with Crippen LogP contribution in [0.5, 0.6) is 0 Å². The number of nitrogens with two attached hydrogens (primary N) is 1. The fourth-order valence-electron chi connectivity index (χ4n) is 1.47. The summed E-state index contributed by atoms with van der Waals surface area (Å²) in [7, 11) is 0. The summed E-state index contributed by atoms with van der Waals surface area (Å²) in [5.74, 6) is 1.21. The molecule has 0 saturated carbocycles. The summed E-state index contributed by atoms with van der Waals surface area (Å²) < 4.78 is 1.08. The van der Waals surface area contributed by atoms with Crippen molar-refractivity contribution in [3.63, 3.8) is 0 Å². The number of nitrogen functional groups attached to an aromatic ring is 1. The summed E-state index contributed by atoms with van der Waals surface area (Å²) in [6.45, 7) is 1.38. The van der Waals surface area contributed by atoms with Crippen molar-refractivity contribution in [1.29, 1.82) is 0 Å². The van der Waals surface area contributed by atoms with E-state index in [0.717, 1.165) is 11.0 Å². The molecule has 0 fully saturated rings. The first-order valence-electron chi connectivity index (χ1n) is 5.26. The smallest absolute Gasteiger partial charge is 0.144 e. The van der Waals surface area contributed by atoms with Crippen LogP contribution >= 0.6 is 15.9 Å². The summed E-state index contributed by atoms with van der Waals surface area (Å²) in [4.78, 5) is 8.24. The van der Waals surface area contributed by atoms with Crippen LogP contribution in [0, 0.1) is 0 Å². The molecule has 0 aliphatic rings. The van der Waals surface area contributed by atoms with Crippen molar-refractivity contribution in [3.05, 3.63) is 52.4 Å². The first-order chi connectivity index (χ1) is 8.24. The molecule has 17 heavy (non-hydrogen) atoms. The molecule has 0 radical (unpaired) electrons. The van der Waals surface area contributed by atoms with Crippen molar-refractivity contribution in [2.75, 3.05) is 5.73 Å². The van der Waals surface area contributed by atoms with Crippen LogP contribution in [0.1, 0.15) is 11.4 Å². The minimum atomic E-state index is 0.499. The lowest BCUT2D eigenvalue weighted by Crippen LogP contribution is -2.15. The van der Waals surface area contributed by atoms with Gasteiger partial charge in [0.1, 0.15) is 11.6 Å². The standard InChI is InChI=1S/C12H13BrN4/c13-10-3-1-2-9(6-10)7-15-8-12-16-5-4-11(14)17-12/h1-6,15H,7-8H2,(H2,14,16,17). The van der Waals surface area contributed by atoms with E-state index in [4.69, 9.17) is 5.73 Å². The fourth-order valence-corrected chi connectivity index (χ4v) is 1.91. The van der Waals surface area contributed by atoms with Gasteiger partial charge in [0.15, 0.2) is 0 Å². The summed E-state index contributed by atoms with van der Waals surface area (Å²) in [6, 6.07) is 9.84. The van der Waals surface area contributed by atoms with Gasteiger partial charge in [0.25, 0.3) is 0 Å². The van der Waals surface area contributed by atoms with E-state index in [9.17, 15) is 0 Å². The largest absolute Gasteiger partial charge is 0.384 e. The van der Waals surface area contributed by atoms with Gasteiger partial charge in [-0.2, -0.15) is 0 Å². The van der Waals surface area contributed by atoms with E-state index in [2.05, 4.69) is 43.3 Å². The molecule has 2 aromatic rings. The normalized spacial score (nSPS) is 10.4. The zero-order chi connectivity index (χ0) is 12.1. The number of nitrogens with zero attached hydrogens (tertiary/aromatic N) is 2. The third-order valence-corrected chi connectivity index (χ3v) is 2.72. The van der Waals surface area contributed by atoms with Crippen molar-refractivity contribution in [2.24, 2.45) is 0 Å². The monoisotopic (exact) mass is 292 g/mol. The van der Waals surface area contributed by atoms with Crippen LogP contribution in [-0.2, 0) is 13.1 Å². The third kappa shape index (κ3) is 3.80. The topological polar surface area (TPSA) is 63.8 Å². The van der Waals surface area contributed by atoms with Crippen molar-refractivity contribution in [1.82, 2.24) is 15.3 Å². The number of hydrogen-bond donors (Lipinski definition) is 2. The fraction of sp³-hybridized carbons (Fsp3) is 0.167. The van der Waals surface area contributed by atoms with Crippen molar-refractivity contribution in [2.45, 2.75) is 13.1 Å². The molecule has 0 saturated heterocycles. The molecule has 1 heterocycles. The molecule has 0 aliphatic heterocycles. The predicted molar refractivity (Wildman–Crippen MR) is 71.1 cm³/mol. The molecule has 1 aromatic heterocycles. The first-order valence-corrected chi connectivity index (χ1v) is 6.06. The van der Waals surface area contributed by atoms with E-state index in [1.54, 1.807) is 12.3 Å². The van der Waals surface area contributed by atoms with E-state index in [-0.39, 0.29) is 0 Å². The van der Waals surface area contributed by atoms with E-state index < -0.39 is 0 Å². The van der Waals surface area contributed by atoms with Gasteiger partial charge in [-0.05, 0) is 23.8 Å². The van der Waals surface area contributed by atoms with Crippen molar-refractivity contribution >= 4 is 21.7 Å². The molecular formula is C12H13BrN4. The van der Waals surface area contributed by atoms with Gasteiger partial charge in [-0.3, -0.25) is 0 Å². The van der Waals surface area contributed by atoms with Gasteiger partial charge in [0, 0.05) is 17.2 Å². The zero-order valence-corrected chi connectivity index (χ0v) is 10.8.